The first-order chi connectivity index (χ1) is 19.6. The van der Waals surface area contributed by atoms with Crippen LogP contribution in [0, 0.1) is 12.3 Å². The number of hydrogen-bond donors (Lipinski definition) is 4. The molecule has 3 rings (SSSR count). The number of nitrogens with zero attached hydrogens (tertiary/aromatic N) is 4. The molecule has 218 valence electrons. The summed E-state index contributed by atoms with van der Waals surface area (Å²) >= 11 is 0. The van der Waals surface area contributed by atoms with Crippen LogP contribution in [0.3, 0.4) is 0 Å². The van der Waals surface area contributed by atoms with Crippen LogP contribution in [0.25, 0.3) is 11.2 Å². The predicted molar refractivity (Wildman–Crippen MR) is 154 cm³/mol. The smallest absolute Gasteiger partial charge is 0.330 e. The second kappa shape index (κ2) is 14.5. The summed E-state index contributed by atoms with van der Waals surface area (Å²) in [6.45, 7) is 3.82. The minimum absolute atomic E-state index is 0.00928. The number of benzene rings is 1. The highest BCUT2D eigenvalue weighted by atomic mass is 31.2. The van der Waals surface area contributed by atoms with Crippen molar-refractivity contribution in [2.24, 2.45) is 0 Å². The number of nitrogens with two attached hydrogens (primary N) is 2. The van der Waals surface area contributed by atoms with Crippen molar-refractivity contribution in [1.82, 2.24) is 25.3 Å². The van der Waals surface area contributed by atoms with Crippen molar-refractivity contribution in [2.75, 3.05) is 30.8 Å². The summed E-state index contributed by atoms with van der Waals surface area (Å²) in [4.78, 5) is 41.4. The van der Waals surface area contributed by atoms with E-state index in [0.29, 0.717) is 29.7 Å². The fraction of sp³-hybridized carbons (Fsp3) is 0.407. The Kier molecular flexibility index (Phi) is 11.1. The molecule has 2 unspecified atom stereocenters. The number of carboxylic acid groups (broad SMARTS) is 1. The topological polar surface area (TPSA) is 206 Å². The molecule has 2 heterocycles. The molecule has 0 aliphatic carbocycles. The summed E-state index contributed by atoms with van der Waals surface area (Å²) in [6.07, 6.45) is 8.37. The molecular weight excluding hydrogens is 549 g/mol. The standard InChI is InChI=1S/C27H34N7O6P/c1-4-8-19(15-20-16-30-24-22(31-20)23(28)33-27(29)34-24)17-10-12-18(13-11-17)25(35)32-21(26(36)37)9-7-14-41(38,39-5-2)40-6-3/h1,10-13,16,19,21H,5-9,14-15H2,2-3H3,(H,32,35)(H,36,37)(H4,28,29,30,33,34). The number of carbonyl (C=O) groups excluding carboxylic acids is 1. The van der Waals surface area contributed by atoms with Gasteiger partial charge in [-0.05, 0) is 50.8 Å². The van der Waals surface area contributed by atoms with E-state index in [1.165, 1.54) is 0 Å². The molecule has 6 N–H and O–H groups in total. The summed E-state index contributed by atoms with van der Waals surface area (Å²) in [5.74, 6) is 0.916. The molecule has 0 aliphatic rings. The quantitative estimate of drug-likeness (QED) is 0.150. The molecule has 41 heavy (non-hydrogen) atoms. The maximum atomic E-state index is 12.8. The third-order valence-corrected chi connectivity index (χ3v) is 8.31. The van der Waals surface area contributed by atoms with Crippen molar-refractivity contribution >= 4 is 42.4 Å². The van der Waals surface area contributed by atoms with Gasteiger partial charge in [0.1, 0.15) is 6.04 Å². The molecule has 2 aromatic heterocycles. The number of amides is 1. The van der Waals surface area contributed by atoms with Crippen molar-refractivity contribution in [2.45, 2.75) is 51.5 Å². The summed E-state index contributed by atoms with van der Waals surface area (Å²) in [7, 11) is -3.31. The summed E-state index contributed by atoms with van der Waals surface area (Å²) in [5, 5.41) is 12.2. The lowest BCUT2D eigenvalue weighted by Gasteiger charge is -2.19. The van der Waals surface area contributed by atoms with Gasteiger partial charge in [0, 0.05) is 17.9 Å². The van der Waals surface area contributed by atoms with Gasteiger partial charge in [-0.15, -0.1) is 12.3 Å². The van der Waals surface area contributed by atoms with Crippen molar-refractivity contribution in [1.29, 1.82) is 0 Å². The van der Waals surface area contributed by atoms with Gasteiger partial charge in [0.2, 0.25) is 5.95 Å². The van der Waals surface area contributed by atoms with Crippen LogP contribution in [0.4, 0.5) is 11.8 Å². The Labute approximate surface area is 238 Å². The molecule has 0 saturated carbocycles. The van der Waals surface area contributed by atoms with Crippen molar-refractivity contribution in [3.63, 3.8) is 0 Å². The number of rotatable bonds is 15. The Bertz CT molecular complexity index is 1450. The van der Waals surface area contributed by atoms with Crippen molar-refractivity contribution in [3.8, 4) is 12.3 Å². The van der Waals surface area contributed by atoms with E-state index >= 15 is 0 Å². The van der Waals surface area contributed by atoms with Crippen LogP contribution in [0.5, 0.6) is 0 Å². The number of aromatic nitrogens is 4. The number of aliphatic carboxylic acids is 1. The van der Waals surface area contributed by atoms with E-state index in [0.717, 1.165) is 5.56 Å². The maximum absolute atomic E-state index is 12.8. The minimum Gasteiger partial charge on any atom is -0.480 e. The SMILES string of the molecule is C#CCC(Cc1cnc2nc(N)nc(N)c2n1)c1ccc(C(=O)NC(CCCP(=O)(OCC)OCC)C(=O)O)cc1. The molecule has 1 amide bonds. The third-order valence-electron chi connectivity index (χ3n) is 6.14. The summed E-state index contributed by atoms with van der Waals surface area (Å²) < 4.78 is 23.1. The molecule has 0 bridgehead atoms. The molecule has 0 radical (unpaired) electrons. The Hall–Kier alpha value is -4.11. The van der Waals surface area contributed by atoms with E-state index in [1.54, 1.807) is 44.3 Å². The zero-order valence-corrected chi connectivity index (χ0v) is 23.8. The zero-order valence-electron chi connectivity index (χ0n) is 22.9. The molecule has 2 atom stereocenters. The molecule has 0 fully saturated rings. The Morgan fingerprint density at radius 2 is 1.80 bits per heavy atom. The van der Waals surface area contributed by atoms with Crippen LogP contribution in [-0.4, -0.2) is 62.3 Å². The van der Waals surface area contributed by atoms with E-state index in [1.807, 2.05) is 0 Å². The van der Waals surface area contributed by atoms with Crippen LogP contribution in [0.2, 0.25) is 0 Å². The van der Waals surface area contributed by atoms with Gasteiger partial charge in [0.05, 0.1) is 31.3 Å². The molecule has 1 aromatic carbocycles. The van der Waals surface area contributed by atoms with Crippen LogP contribution < -0.4 is 16.8 Å². The zero-order chi connectivity index (χ0) is 30.0. The first kappa shape index (κ1) is 31.4. The van der Waals surface area contributed by atoms with Crippen LogP contribution in [0.1, 0.15) is 60.6 Å². The minimum atomic E-state index is -3.31. The lowest BCUT2D eigenvalue weighted by Crippen LogP contribution is -2.40. The molecule has 14 heteroatoms. The molecule has 0 aliphatic heterocycles. The number of fused-ring (bicyclic) bond motifs is 1. The van der Waals surface area contributed by atoms with Crippen LogP contribution >= 0.6 is 7.60 Å². The second-order valence-corrected chi connectivity index (χ2v) is 11.3. The Balaban J connectivity index is 1.67. The molecule has 3 aromatic rings. The first-order valence-electron chi connectivity index (χ1n) is 13.1. The molecule has 0 saturated heterocycles. The van der Waals surface area contributed by atoms with Gasteiger partial charge < -0.3 is 30.9 Å². The highest BCUT2D eigenvalue weighted by Crippen LogP contribution is 2.48. The van der Waals surface area contributed by atoms with E-state index in [9.17, 15) is 19.3 Å². The monoisotopic (exact) mass is 583 g/mol. The molecule has 13 nitrogen and oxygen atoms in total. The summed E-state index contributed by atoms with van der Waals surface area (Å²) in [6, 6.07) is 5.56. The normalized spacial score (nSPS) is 12.9. The van der Waals surface area contributed by atoms with Gasteiger partial charge >= 0.3 is 13.6 Å². The van der Waals surface area contributed by atoms with Gasteiger partial charge in [0.15, 0.2) is 17.0 Å². The van der Waals surface area contributed by atoms with E-state index < -0.39 is 25.5 Å². The Morgan fingerprint density at radius 3 is 2.41 bits per heavy atom. The highest BCUT2D eigenvalue weighted by molar-refractivity contribution is 7.53. The van der Waals surface area contributed by atoms with Crippen molar-refractivity contribution < 1.29 is 28.3 Å². The van der Waals surface area contributed by atoms with Gasteiger partial charge in [-0.25, -0.2) is 14.8 Å². The van der Waals surface area contributed by atoms with Crippen LogP contribution in [-0.2, 0) is 24.8 Å². The lowest BCUT2D eigenvalue weighted by molar-refractivity contribution is -0.139. The molecule has 0 spiro atoms. The number of terminal acetylenes is 1. The second-order valence-electron chi connectivity index (χ2n) is 9.11. The Morgan fingerprint density at radius 1 is 1.12 bits per heavy atom. The number of nitrogen functional groups attached to an aromatic ring is 2. The number of carbonyl (C=O) groups is 2. The van der Waals surface area contributed by atoms with Gasteiger partial charge in [-0.1, -0.05) is 12.1 Å². The number of hydrogen-bond acceptors (Lipinski definition) is 11. The number of carboxylic acids is 1. The average molecular weight is 584 g/mol. The fourth-order valence-corrected chi connectivity index (χ4v) is 5.93. The van der Waals surface area contributed by atoms with E-state index in [4.69, 9.17) is 26.9 Å². The van der Waals surface area contributed by atoms with E-state index in [-0.39, 0.29) is 55.5 Å². The number of nitrogens with one attached hydrogen (secondary N) is 1. The predicted octanol–water partition coefficient (Wildman–Crippen LogP) is 3.16. The highest BCUT2D eigenvalue weighted by Gasteiger charge is 2.26. The van der Waals surface area contributed by atoms with Crippen LogP contribution in [0.15, 0.2) is 30.5 Å². The van der Waals surface area contributed by atoms with E-state index in [2.05, 4.69) is 31.2 Å². The van der Waals surface area contributed by atoms with Gasteiger partial charge in [-0.2, -0.15) is 9.97 Å². The third kappa shape index (κ3) is 8.69. The van der Waals surface area contributed by atoms with Crippen molar-refractivity contribution in [3.05, 3.63) is 47.3 Å². The number of anilines is 2. The summed E-state index contributed by atoms with van der Waals surface area (Å²) in [5.41, 5.74) is 14.0. The first-order valence-corrected chi connectivity index (χ1v) is 14.8. The fourth-order valence-electron chi connectivity index (χ4n) is 4.24. The molecular formula is C27H34N7O6P. The van der Waals surface area contributed by atoms with Gasteiger partial charge in [0.25, 0.3) is 5.91 Å². The van der Waals surface area contributed by atoms with Gasteiger partial charge in [-0.3, -0.25) is 9.36 Å². The largest absolute Gasteiger partial charge is 0.480 e. The maximum Gasteiger partial charge on any atom is 0.330 e. The average Bonchev–Trinajstić information content (AvgIpc) is 2.92. The lowest BCUT2D eigenvalue weighted by atomic mass is 9.91.